The summed E-state index contributed by atoms with van der Waals surface area (Å²) in [5.41, 5.74) is 0. The predicted molar refractivity (Wildman–Crippen MR) is 90.9 cm³/mol. The Balaban J connectivity index is 2.00. The van der Waals surface area contributed by atoms with Crippen molar-refractivity contribution in [2.75, 3.05) is 31.3 Å². The molecule has 1 aliphatic carbocycles. The van der Waals surface area contributed by atoms with Gasteiger partial charge in [0.25, 0.3) is 0 Å². The maximum absolute atomic E-state index is 12.8. The van der Waals surface area contributed by atoms with Crippen LogP contribution in [0.25, 0.3) is 0 Å². The highest BCUT2D eigenvalue weighted by Gasteiger charge is 2.39. The lowest BCUT2D eigenvalue weighted by Gasteiger charge is -2.30. The first-order valence-corrected chi connectivity index (χ1v) is 9.67. The molecule has 0 aromatic carbocycles. The van der Waals surface area contributed by atoms with Gasteiger partial charge >= 0.3 is 0 Å². The Morgan fingerprint density at radius 1 is 1.22 bits per heavy atom. The van der Waals surface area contributed by atoms with Crippen LogP contribution in [0.15, 0.2) is 0 Å². The van der Waals surface area contributed by atoms with E-state index in [9.17, 15) is 14.4 Å². The molecule has 3 amide bonds. The lowest BCUT2D eigenvalue weighted by Crippen LogP contribution is -2.52. The van der Waals surface area contributed by atoms with E-state index in [0.717, 1.165) is 25.7 Å². The van der Waals surface area contributed by atoms with E-state index >= 15 is 0 Å². The molecule has 0 aromatic rings. The Labute approximate surface area is 142 Å². The summed E-state index contributed by atoms with van der Waals surface area (Å²) >= 11 is 1.62. The molecule has 2 fully saturated rings. The van der Waals surface area contributed by atoms with Crippen LogP contribution in [0.1, 0.15) is 39.5 Å². The van der Waals surface area contributed by atoms with Gasteiger partial charge in [-0.25, -0.2) is 0 Å². The molecule has 6 nitrogen and oxygen atoms in total. The third kappa shape index (κ3) is 4.40. The second-order valence-electron chi connectivity index (χ2n) is 6.11. The van der Waals surface area contributed by atoms with E-state index in [0.29, 0.717) is 24.7 Å². The molecule has 1 N–H and O–H groups in total. The Kier molecular flexibility index (Phi) is 6.74. The molecule has 1 atom stereocenters. The first-order valence-electron chi connectivity index (χ1n) is 8.52. The number of carbonyl (C=O) groups is 3. The largest absolute Gasteiger partial charge is 0.355 e. The van der Waals surface area contributed by atoms with Crippen LogP contribution in [-0.2, 0) is 14.4 Å². The number of nitrogens with one attached hydrogen (secondary N) is 1. The maximum Gasteiger partial charge on any atom is 0.246 e. The molecule has 1 heterocycles. The summed E-state index contributed by atoms with van der Waals surface area (Å²) in [5.74, 6) is 1.17. The number of carbonyl (C=O) groups excluding carboxylic acids is 3. The molecule has 2 rings (SSSR count). The van der Waals surface area contributed by atoms with Crippen molar-refractivity contribution in [1.29, 1.82) is 0 Å². The molecule has 0 spiro atoms. The number of amides is 3. The lowest BCUT2D eigenvalue weighted by molar-refractivity contribution is -0.146. The fraction of sp³-hybridized carbons (Fsp3) is 0.812. The standard InChI is InChI=1S/C16H27N3O3S/c1-3-17-14(20)9-18(4-2)16(22)13-10-23-11-19(13)15(21)12-7-5-6-8-12/h12-13H,3-11H2,1-2H3,(H,17,20)/t13-/m0/s1. The smallest absolute Gasteiger partial charge is 0.246 e. The molecule has 0 radical (unpaired) electrons. The monoisotopic (exact) mass is 341 g/mol. The molecule has 0 bridgehead atoms. The molecular weight excluding hydrogens is 314 g/mol. The topological polar surface area (TPSA) is 69.7 Å². The first kappa shape index (κ1) is 18.1. The minimum atomic E-state index is -0.414. The quantitative estimate of drug-likeness (QED) is 0.784. The molecule has 2 aliphatic rings. The van der Waals surface area contributed by atoms with Crippen LogP contribution in [0.3, 0.4) is 0 Å². The molecule has 23 heavy (non-hydrogen) atoms. The molecule has 130 valence electrons. The highest BCUT2D eigenvalue weighted by Crippen LogP contribution is 2.31. The van der Waals surface area contributed by atoms with E-state index in [1.807, 2.05) is 13.8 Å². The highest BCUT2D eigenvalue weighted by molar-refractivity contribution is 7.99. The van der Waals surface area contributed by atoms with Crippen molar-refractivity contribution in [2.45, 2.75) is 45.6 Å². The van der Waals surface area contributed by atoms with Crippen LogP contribution < -0.4 is 5.32 Å². The van der Waals surface area contributed by atoms with Crippen LogP contribution in [0.4, 0.5) is 0 Å². The number of hydrogen-bond acceptors (Lipinski definition) is 4. The zero-order valence-electron chi connectivity index (χ0n) is 14.0. The van der Waals surface area contributed by atoms with Crippen LogP contribution in [0.5, 0.6) is 0 Å². The number of nitrogens with zero attached hydrogens (tertiary/aromatic N) is 2. The van der Waals surface area contributed by atoms with Gasteiger partial charge in [-0.1, -0.05) is 12.8 Å². The Morgan fingerprint density at radius 3 is 2.52 bits per heavy atom. The third-order valence-corrected chi connectivity index (χ3v) is 5.57. The number of likely N-dealkylation sites (N-methyl/N-ethyl adjacent to an activating group) is 2. The maximum atomic E-state index is 12.8. The second kappa shape index (κ2) is 8.57. The molecule has 0 unspecified atom stereocenters. The molecular formula is C16H27N3O3S. The fourth-order valence-electron chi connectivity index (χ4n) is 3.25. The van der Waals surface area contributed by atoms with Crippen molar-refractivity contribution in [3.8, 4) is 0 Å². The van der Waals surface area contributed by atoms with Gasteiger partial charge in [0.1, 0.15) is 6.04 Å². The summed E-state index contributed by atoms with van der Waals surface area (Å²) < 4.78 is 0. The Bertz CT molecular complexity index is 452. The van der Waals surface area contributed by atoms with Gasteiger partial charge in [0.15, 0.2) is 0 Å². The van der Waals surface area contributed by atoms with Crippen LogP contribution in [0, 0.1) is 5.92 Å². The van der Waals surface area contributed by atoms with Gasteiger partial charge in [-0.05, 0) is 26.7 Å². The van der Waals surface area contributed by atoms with Crippen LogP contribution >= 0.6 is 11.8 Å². The Morgan fingerprint density at radius 2 is 1.91 bits per heavy atom. The van der Waals surface area contributed by atoms with Gasteiger partial charge in [-0.15, -0.1) is 11.8 Å². The highest BCUT2D eigenvalue weighted by atomic mass is 32.2. The van der Waals surface area contributed by atoms with E-state index in [1.54, 1.807) is 21.6 Å². The zero-order chi connectivity index (χ0) is 16.8. The molecule has 7 heteroatoms. The summed E-state index contributed by atoms with van der Waals surface area (Å²) in [6.45, 7) is 4.81. The molecule has 1 aliphatic heterocycles. The fourth-order valence-corrected chi connectivity index (χ4v) is 4.41. The SMILES string of the molecule is CCNC(=O)CN(CC)C(=O)[C@@H]1CSCN1C(=O)C1CCCC1. The van der Waals surface area contributed by atoms with Crippen molar-refractivity contribution in [2.24, 2.45) is 5.92 Å². The van der Waals surface area contributed by atoms with E-state index < -0.39 is 6.04 Å². The van der Waals surface area contributed by atoms with Gasteiger partial charge in [0.2, 0.25) is 17.7 Å². The van der Waals surface area contributed by atoms with E-state index in [-0.39, 0.29) is 30.2 Å². The number of hydrogen-bond donors (Lipinski definition) is 1. The first-order chi connectivity index (χ1) is 11.1. The van der Waals surface area contributed by atoms with Gasteiger partial charge in [-0.3, -0.25) is 14.4 Å². The van der Waals surface area contributed by atoms with Gasteiger partial charge in [0.05, 0.1) is 12.4 Å². The summed E-state index contributed by atoms with van der Waals surface area (Å²) in [6, 6.07) is -0.414. The molecule has 0 aromatic heterocycles. The molecule has 1 saturated heterocycles. The minimum Gasteiger partial charge on any atom is -0.355 e. The molecule has 1 saturated carbocycles. The van der Waals surface area contributed by atoms with Crippen molar-refractivity contribution >= 4 is 29.5 Å². The third-order valence-electron chi connectivity index (χ3n) is 4.56. The van der Waals surface area contributed by atoms with E-state index in [2.05, 4.69) is 5.32 Å². The van der Waals surface area contributed by atoms with E-state index in [1.165, 1.54) is 0 Å². The minimum absolute atomic E-state index is 0.0653. The summed E-state index contributed by atoms with van der Waals surface area (Å²) in [4.78, 5) is 40.5. The van der Waals surface area contributed by atoms with Crippen LogP contribution in [0.2, 0.25) is 0 Å². The number of rotatable bonds is 6. The van der Waals surface area contributed by atoms with Crippen LogP contribution in [-0.4, -0.2) is 64.8 Å². The average molecular weight is 341 g/mol. The van der Waals surface area contributed by atoms with Crippen molar-refractivity contribution in [1.82, 2.24) is 15.1 Å². The van der Waals surface area contributed by atoms with Gasteiger partial charge in [-0.2, -0.15) is 0 Å². The van der Waals surface area contributed by atoms with Crippen molar-refractivity contribution in [3.63, 3.8) is 0 Å². The summed E-state index contributed by atoms with van der Waals surface area (Å²) in [7, 11) is 0. The average Bonchev–Trinajstić information content (AvgIpc) is 3.22. The number of thioether (sulfide) groups is 1. The van der Waals surface area contributed by atoms with Gasteiger partial charge in [0, 0.05) is 24.8 Å². The van der Waals surface area contributed by atoms with E-state index in [4.69, 9.17) is 0 Å². The van der Waals surface area contributed by atoms with Gasteiger partial charge < -0.3 is 15.1 Å². The Hall–Kier alpha value is -1.24. The summed E-state index contributed by atoms with van der Waals surface area (Å²) in [6.07, 6.45) is 4.09. The predicted octanol–water partition coefficient (Wildman–Crippen LogP) is 1.06. The lowest BCUT2D eigenvalue weighted by atomic mass is 10.1. The van der Waals surface area contributed by atoms with Crippen molar-refractivity contribution in [3.05, 3.63) is 0 Å². The normalized spacial score (nSPS) is 21.5. The second-order valence-corrected chi connectivity index (χ2v) is 7.11. The summed E-state index contributed by atoms with van der Waals surface area (Å²) in [5, 5.41) is 2.72. The zero-order valence-corrected chi connectivity index (χ0v) is 14.9. The van der Waals surface area contributed by atoms with Crippen molar-refractivity contribution < 1.29 is 14.4 Å².